The number of sulfonamides is 1. The molecule has 7 nitrogen and oxygen atoms in total. The number of nitrogens with one attached hydrogen (secondary N) is 1. The third-order valence-electron chi connectivity index (χ3n) is 6.77. The van der Waals surface area contributed by atoms with Gasteiger partial charge in [-0.05, 0) is 61.7 Å². The molecule has 1 N–H and O–H groups in total. The minimum Gasteiger partial charge on any atom is -0.348 e. The van der Waals surface area contributed by atoms with Crippen LogP contribution in [-0.2, 0) is 29.7 Å². The fraction of sp³-hybridized carbons (Fsp3) is 0.500. The van der Waals surface area contributed by atoms with Crippen LogP contribution < -0.4 is 5.32 Å². The molecule has 0 atom stereocenters. The molecule has 2 aromatic rings. The van der Waals surface area contributed by atoms with Gasteiger partial charge in [-0.15, -0.1) is 0 Å². The van der Waals surface area contributed by atoms with Gasteiger partial charge in [-0.1, -0.05) is 36.4 Å². The summed E-state index contributed by atoms with van der Waals surface area (Å²) in [6.07, 6.45) is 2.59. The summed E-state index contributed by atoms with van der Waals surface area (Å²) in [4.78, 5) is 17.5. The lowest BCUT2D eigenvalue weighted by Gasteiger charge is -2.33. The number of hydrogen-bond acceptors (Lipinski definition) is 5. The second-order valence-electron chi connectivity index (χ2n) is 9.26. The molecule has 1 amide bonds. The van der Waals surface area contributed by atoms with E-state index in [0.29, 0.717) is 44.8 Å². The van der Waals surface area contributed by atoms with Gasteiger partial charge in [0.05, 0.1) is 5.75 Å². The number of piperazine rings is 1. The molecule has 2 aliphatic rings. The third kappa shape index (κ3) is 6.66. The van der Waals surface area contributed by atoms with E-state index in [1.807, 2.05) is 24.3 Å². The third-order valence-corrected chi connectivity index (χ3v) is 8.65. The highest BCUT2D eigenvalue weighted by Crippen LogP contribution is 2.15. The van der Waals surface area contributed by atoms with Gasteiger partial charge in [0.15, 0.2) is 0 Å². The molecule has 184 valence electrons. The number of hydrogen-bond donors (Lipinski definition) is 1. The molecule has 8 heteroatoms. The highest BCUT2D eigenvalue weighted by molar-refractivity contribution is 7.89. The summed E-state index contributed by atoms with van der Waals surface area (Å²) < 4.78 is 25.7. The molecule has 0 radical (unpaired) electrons. The number of carbonyl (C=O) groups excluding carboxylic acids is 1. The molecule has 4 rings (SSSR count). The Hall–Kier alpha value is -2.26. The van der Waals surface area contributed by atoms with E-state index < -0.39 is 10.0 Å². The number of carbonyl (C=O) groups is 1. The van der Waals surface area contributed by atoms with E-state index >= 15 is 0 Å². The van der Waals surface area contributed by atoms with Crippen molar-refractivity contribution in [3.63, 3.8) is 0 Å². The molecular formula is C26H36N4O3S. The van der Waals surface area contributed by atoms with E-state index in [1.54, 1.807) is 11.2 Å². The van der Waals surface area contributed by atoms with E-state index in [1.165, 1.54) is 31.5 Å². The van der Waals surface area contributed by atoms with Crippen molar-refractivity contribution in [3.8, 4) is 0 Å². The summed E-state index contributed by atoms with van der Waals surface area (Å²) in [5.74, 6) is 0.0641. The van der Waals surface area contributed by atoms with Gasteiger partial charge in [0.25, 0.3) is 5.91 Å². The molecule has 0 spiro atoms. The van der Waals surface area contributed by atoms with E-state index in [2.05, 4.69) is 39.4 Å². The number of nitrogens with zero attached hydrogens (tertiary/aromatic N) is 3. The van der Waals surface area contributed by atoms with E-state index in [0.717, 1.165) is 17.7 Å². The maximum Gasteiger partial charge on any atom is 0.251 e. The predicted octanol–water partition coefficient (Wildman–Crippen LogP) is 2.68. The van der Waals surface area contributed by atoms with Crippen LogP contribution in [0.3, 0.4) is 0 Å². The van der Waals surface area contributed by atoms with E-state index in [-0.39, 0.29) is 11.7 Å². The lowest BCUT2D eigenvalue weighted by Crippen LogP contribution is -2.48. The highest BCUT2D eigenvalue weighted by Gasteiger charge is 2.25. The van der Waals surface area contributed by atoms with Crippen LogP contribution in [0.5, 0.6) is 0 Å². The fourth-order valence-electron chi connectivity index (χ4n) is 4.66. The molecule has 0 unspecified atom stereocenters. The Bertz CT molecular complexity index is 1060. The minimum absolute atomic E-state index is 0.0816. The Labute approximate surface area is 203 Å². The van der Waals surface area contributed by atoms with Crippen molar-refractivity contribution >= 4 is 15.9 Å². The second-order valence-corrected chi connectivity index (χ2v) is 11.5. The standard InChI is InChI=1S/C26H36N4O3S/c1-2-34(32,33)30-16-14-29(15-17-30)21-24-6-5-7-25(18-24)26(31)27-19-22-8-10-23(11-9-22)20-28-12-3-4-13-28/h5-11,18H,2-4,12-17,19-21H2,1H3,(H,27,31). The summed E-state index contributed by atoms with van der Waals surface area (Å²) in [5.41, 5.74) is 4.12. The minimum atomic E-state index is -3.12. The molecule has 2 aliphatic heterocycles. The van der Waals surface area contributed by atoms with Crippen molar-refractivity contribution in [1.82, 2.24) is 19.4 Å². The smallest absolute Gasteiger partial charge is 0.251 e. The zero-order valence-corrected chi connectivity index (χ0v) is 20.9. The zero-order chi connectivity index (χ0) is 24.0. The number of benzene rings is 2. The molecule has 2 heterocycles. The average Bonchev–Trinajstić information content (AvgIpc) is 3.37. The van der Waals surface area contributed by atoms with Gasteiger partial charge in [0.2, 0.25) is 10.0 Å². The summed E-state index contributed by atoms with van der Waals surface area (Å²) in [5, 5.41) is 3.03. The Morgan fingerprint density at radius 1 is 0.824 bits per heavy atom. The van der Waals surface area contributed by atoms with Crippen molar-refractivity contribution in [2.45, 2.75) is 39.4 Å². The Kier molecular flexibility index (Phi) is 8.37. The Morgan fingerprint density at radius 3 is 2.12 bits per heavy atom. The van der Waals surface area contributed by atoms with Gasteiger partial charge < -0.3 is 5.32 Å². The number of likely N-dealkylation sites (tertiary alicyclic amines) is 1. The van der Waals surface area contributed by atoms with Crippen LogP contribution in [0, 0.1) is 0 Å². The Balaban J connectivity index is 1.26. The van der Waals surface area contributed by atoms with Crippen LogP contribution in [0.25, 0.3) is 0 Å². The molecule has 2 fully saturated rings. The van der Waals surface area contributed by atoms with Gasteiger partial charge in [-0.3, -0.25) is 14.6 Å². The molecule has 0 saturated carbocycles. The monoisotopic (exact) mass is 484 g/mol. The molecule has 0 aliphatic carbocycles. The molecule has 0 aromatic heterocycles. The van der Waals surface area contributed by atoms with Crippen LogP contribution in [0.4, 0.5) is 0 Å². The zero-order valence-electron chi connectivity index (χ0n) is 20.1. The van der Waals surface area contributed by atoms with Crippen LogP contribution in [0.15, 0.2) is 48.5 Å². The first-order valence-corrected chi connectivity index (χ1v) is 13.9. The summed E-state index contributed by atoms with van der Waals surface area (Å²) in [7, 11) is -3.12. The van der Waals surface area contributed by atoms with Crippen molar-refractivity contribution in [1.29, 1.82) is 0 Å². The SMILES string of the molecule is CCS(=O)(=O)N1CCN(Cc2cccc(C(=O)NCc3ccc(CN4CCCC4)cc3)c2)CC1. The normalized spacial score (nSPS) is 18.3. The van der Waals surface area contributed by atoms with Gasteiger partial charge in [-0.2, -0.15) is 4.31 Å². The summed E-state index contributed by atoms with van der Waals surface area (Å²) in [6.45, 7) is 8.71. The van der Waals surface area contributed by atoms with Gasteiger partial charge in [0.1, 0.15) is 0 Å². The lowest BCUT2D eigenvalue weighted by atomic mass is 10.1. The summed E-state index contributed by atoms with van der Waals surface area (Å²) >= 11 is 0. The quantitative estimate of drug-likeness (QED) is 0.593. The lowest BCUT2D eigenvalue weighted by molar-refractivity contribution is 0.0950. The van der Waals surface area contributed by atoms with Gasteiger partial charge in [-0.25, -0.2) is 8.42 Å². The Morgan fingerprint density at radius 2 is 1.44 bits per heavy atom. The maximum atomic E-state index is 12.7. The van der Waals surface area contributed by atoms with E-state index in [4.69, 9.17) is 0 Å². The van der Waals surface area contributed by atoms with E-state index in [9.17, 15) is 13.2 Å². The largest absolute Gasteiger partial charge is 0.348 e. The average molecular weight is 485 g/mol. The topological polar surface area (TPSA) is 73.0 Å². The van der Waals surface area contributed by atoms with Crippen LogP contribution in [0.1, 0.15) is 46.8 Å². The first-order valence-electron chi connectivity index (χ1n) is 12.3. The second kappa shape index (κ2) is 11.4. The highest BCUT2D eigenvalue weighted by atomic mass is 32.2. The van der Waals surface area contributed by atoms with Crippen LogP contribution in [0.2, 0.25) is 0 Å². The van der Waals surface area contributed by atoms with Crippen molar-refractivity contribution in [3.05, 3.63) is 70.8 Å². The van der Waals surface area contributed by atoms with Crippen molar-refractivity contribution < 1.29 is 13.2 Å². The maximum absolute atomic E-state index is 12.7. The number of amides is 1. The van der Waals surface area contributed by atoms with Gasteiger partial charge in [0, 0.05) is 51.4 Å². The van der Waals surface area contributed by atoms with Crippen molar-refractivity contribution in [2.24, 2.45) is 0 Å². The van der Waals surface area contributed by atoms with Crippen molar-refractivity contribution in [2.75, 3.05) is 45.0 Å². The first-order chi connectivity index (χ1) is 16.4. The number of rotatable bonds is 9. The fourth-order valence-corrected chi connectivity index (χ4v) is 5.75. The molecule has 34 heavy (non-hydrogen) atoms. The van der Waals surface area contributed by atoms with Crippen LogP contribution in [-0.4, -0.2) is 73.5 Å². The predicted molar refractivity (Wildman–Crippen MR) is 135 cm³/mol. The van der Waals surface area contributed by atoms with Gasteiger partial charge >= 0.3 is 0 Å². The summed E-state index contributed by atoms with van der Waals surface area (Å²) in [6, 6.07) is 16.2. The molecule has 0 bridgehead atoms. The first kappa shape index (κ1) is 24.9. The molecule has 2 saturated heterocycles. The molecule has 2 aromatic carbocycles. The molecular weight excluding hydrogens is 448 g/mol. The van der Waals surface area contributed by atoms with Crippen LogP contribution >= 0.6 is 0 Å².